The highest BCUT2D eigenvalue weighted by molar-refractivity contribution is 7.88. The Kier molecular flexibility index (Phi) is 7.32. The number of aromatic hydroxyl groups is 1. The van der Waals surface area contributed by atoms with E-state index in [1.54, 1.807) is 18.2 Å². The molecule has 2 fully saturated rings. The van der Waals surface area contributed by atoms with Crippen molar-refractivity contribution in [2.24, 2.45) is 0 Å². The molecule has 4 rings (SSSR count). The Labute approximate surface area is 194 Å². The summed E-state index contributed by atoms with van der Waals surface area (Å²) in [5.74, 6) is 2.03. The second kappa shape index (κ2) is 10.2. The van der Waals surface area contributed by atoms with E-state index in [1.165, 1.54) is 10.6 Å². The molecular formula is C22H31N5O5S. The van der Waals surface area contributed by atoms with Gasteiger partial charge in [0.2, 0.25) is 10.0 Å². The van der Waals surface area contributed by atoms with Gasteiger partial charge in [-0.1, -0.05) is 12.1 Å². The Morgan fingerprint density at radius 3 is 2.45 bits per heavy atom. The van der Waals surface area contributed by atoms with E-state index < -0.39 is 10.0 Å². The highest BCUT2D eigenvalue weighted by Crippen LogP contribution is 2.34. The standard InChI is InChI=1S/C22H31N5O5S/c1-3-32-20-19(16-25-7-9-27(10-8-25)33(2,29)30)23-21(17-5-4-6-18(28)15-17)24-22(20)26-11-13-31-14-12-26/h4-6,15,28H,3,7-14,16H2,1-2H3. The van der Waals surface area contributed by atoms with E-state index in [0.29, 0.717) is 77.2 Å². The number of hydrogen-bond acceptors (Lipinski definition) is 9. The van der Waals surface area contributed by atoms with Gasteiger partial charge in [0.25, 0.3) is 0 Å². The van der Waals surface area contributed by atoms with Crippen molar-refractivity contribution >= 4 is 15.8 Å². The van der Waals surface area contributed by atoms with Crippen LogP contribution >= 0.6 is 0 Å². The van der Waals surface area contributed by atoms with Crippen LogP contribution in [0.1, 0.15) is 12.6 Å². The summed E-state index contributed by atoms with van der Waals surface area (Å²) in [5.41, 5.74) is 1.47. The third-order valence-corrected chi connectivity index (χ3v) is 7.10. The molecule has 33 heavy (non-hydrogen) atoms. The Hall–Kier alpha value is -2.47. The summed E-state index contributed by atoms with van der Waals surface area (Å²) in [7, 11) is -3.19. The van der Waals surface area contributed by atoms with Gasteiger partial charge in [-0.15, -0.1) is 0 Å². The van der Waals surface area contributed by atoms with E-state index in [-0.39, 0.29) is 5.75 Å². The van der Waals surface area contributed by atoms with Crippen LogP contribution in [0, 0.1) is 0 Å². The van der Waals surface area contributed by atoms with E-state index >= 15 is 0 Å². The topological polar surface area (TPSA) is 108 Å². The third kappa shape index (κ3) is 5.72. The molecule has 11 heteroatoms. The third-order valence-electron chi connectivity index (χ3n) is 5.80. The van der Waals surface area contributed by atoms with Crippen LogP contribution in [0.2, 0.25) is 0 Å². The van der Waals surface area contributed by atoms with Gasteiger partial charge in [-0.2, -0.15) is 4.31 Å². The summed E-state index contributed by atoms with van der Waals surface area (Å²) >= 11 is 0. The maximum Gasteiger partial charge on any atom is 0.211 e. The number of morpholine rings is 1. The van der Waals surface area contributed by atoms with Crippen molar-refractivity contribution in [3.05, 3.63) is 30.0 Å². The summed E-state index contributed by atoms with van der Waals surface area (Å²) in [6.07, 6.45) is 1.25. The Morgan fingerprint density at radius 2 is 1.82 bits per heavy atom. The first-order valence-electron chi connectivity index (χ1n) is 11.2. The predicted octanol–water partition coefficient (Wildman–Crippen LogP) is 1.16. The van der Waals surface area contributed by atoms with Gasteiger partial charge in [-0.05, 0) is 19.1 Å². The summed E-state index contributed by atoms with van der Waals surface area (Å²) in [6, 6.07) is 6.90. The summed E-state index contributed by atoms with van der Waals surface area (Å²) < 4.78 is 36.8. The van der Waals surface area contributed by atoms with Crippen LogP contribution in [0.25, 0.3) is 11.4 Å². The molecule has 1 aromatic heterocycles. The molecule has 180 valence electrons. The zero-order valence-corrected chi connectivity index (χ0v) is 19.9. The summed E-state index contributed by atoms with van der Waals surface area (Å²) in [4.78, 5) is 14.0. The maximum absolute atomic E-state index is 11.9. The molecule has 0 spiro atoms. The van der Waals surface area contributed by atoms with Crippen molar-refractivity contribution in [1.29, 1.82) is 0 Å². The first-order valence-corrected chi connectivity index (χ1v) is 13.0. The van der Waals surface area contributed by atoms with E-state index in [1.807, 2.05) is 13.0 Å². The van der Waals surface area contributed by atoms with Crippen molar-refractivity contribution in [2.45, 2.75) is 13.5 Å². The van der Waals surface area contributed by atoms with Crippen LogP contribution in [-0.4, -0.2) is 98.0 Å². The number of aromatic nitrogens is 2. The predicted molar refractivity (Wildman–Crippen MR) is 125 cm³/mol. The van der Waals surface area contributed by atoms with Gasteiger partial charge in [0.15, 0.2) is 17.4 Å². The van der Waals surface area contributed by atoms with Gasteiger partial charge in [-0.3, -0.25) is 4.90 Å². The number of piperazine rings is 1. The van der Waals surface area contributed by atoms with Crippen molar-refractivity contribution in [1.82, 2.24) is 19.2 Å². The fourth-order valence-electron chi connectivity index (χ4n) is 4.08. The number of phenols is 1. The lowest BCUT2D eigenvalue weighted by molar-refractivity contribution is 0.122. The van der Waals surface area contributed by atoms with Gasteiger partial charge in [0, 0.05) is 51.4 Å². The molecule has 2 aromatic rings. The highest BCUT2D eigenvalue weighted by Gasteiger charge is 2.27. The fraction of sp³-hybridized carbons (Fsp3) is 0.545. The van der Waals surface area contributed by atoms with Gasteiger partial charge in [0.1, 0.15) is 11.4 Å². The maximum atomic E-state index is 11.9. The quantitative estimate of drug-likeness (QED) is 0.628. The summed E-state index contributed by atoms with van der Waals surface area (Å²) in [6.45, 7) is 7.65. The van der Waals surface area contributed by atoms with Gasteiger partial charge in [0.05, 0.1) is 26.1 Å². The van der Waals surface area contributed by atoms with Crippen LogP contribution < -0.4 is 9.64 Å². The van der Waals surface area contributed by atoms with Crippen LogP contribution in [-0.2, 0) is 21.3 Å². The Morgan fingerprint density at radius 1 is 1.09 bits per heavy atom. The SMILES string of the molecule is CCOc1c(CN2CCN(S(C)(=O)=O)CC2)nc(-c2cccc(O)c2)nc1N1CCOCC1. The monoisotopic (exact) mass is 477 g/mol. The number of sulfonamides is 1. The first kappa shape index (κ1) is 23.7. The number of hydrogen-bond donors (Lipinski definition) is 1. The average Bonchev–Trinajstić information content (AvgIpc) is 2.80. The number of nitrogens with zero attached hydrogens (tertiary/aromatic N) is 5. The molecule has 2 aliphatic heterocycles. The minimum absolute atomic E-state index is 0.149. The fourth-order valence-corrected chi connectivity index (χ4v) is 4.90. The zero-order valence-electron chi connectivity index (χ0n) is 19.1. The molecule has 1 aromatic carbocycles. The molecule has 2 aliphatic rings. The van der Waals surface area contributed by atoms with Crippen LogP contribution in [0.3, 0.4) is 0 Å². The molecule has 0 saturated carbocycles. The highest BCUT2D eigenvalue weighted by atomic mass is 32.2. The molecule has 0 unspecified atom stereocenters. The van der Waals surface area contributed by atoms with Crippen LogP contribution in [0.5, 0.6) is 11.5 Å². The van der Waals surface area contributed by atoms with Crippen molar-refractivity contribution < 1.29 is 23.0 Å². The average molecular weight is 478 g/mol. The van der Waals surface area contributed by atoms with Gasteiger partial charge in [-0.25, -0.2) is 18.4 Å². The minimum Gasteiger partial charge on any atom is -0.508 e. The number of benzene rings is 1. The first-order chi connectivity index (χ1) is 15.8. The smallest absolute Gasteiger partial charge is 0.211 e. The van der Waals surface area contributed by atoms with Crippen LogP contribution in [0.15, 0.2) is 24.3 Å². The molecule has 1 N–H and O–H groups in total. The summed E-state index contributed by atoms with van der Waals surface area (Å²) in [5, 5.41) is 9.98. The Bertz CT molecular complexity index is 1070. The van der Waals surface area contributed by atoms with Gasteiger partial charge < -0.3 is 19.5 Å². The molecule has 0 radical (unpaired) electrons. The lowest BCUT2D eigenvalue weighted by Gasteiger charge is -2.34. The van der Waals surface area contributed by atoms with Crippen molar-refractivity contribution in [3.63, 3.8) is 0 Å². The Balaban J connectivity index is 1.69. The zero-order chi connectivity index (χ0) is 23.4. The molecule has 0 atom stereocenters. The molecule has 0 bridgehead atoms. The van der Waals surface area contributed by atoms with Crippen molar-refractivity contribution in [3.8, 4) is 22.9 Å². The van der Waals surface area contributed by atoms with Crippen molar-refractivity contribution in [2.75, 3.05) is 70.2 Å². The van der Waals surface area contributed by atoms with E-state index in [0.717, 1.165) is 17.1 Å². The molecular weight excluding hydrogens is 446 g/mol. The number of ether oxygens (including phenoxy) is 2. The lowest BCUT2D eigenvalue weighted by atomic mass is 10.2. The van der Waals surface area contributed by atoms with E-state index in [2.05, 4.69) is 9.80 Å². The number of anilines is 1. The number of rotatable bonds is 7. The normalized spacial score (nSPS) is 18.4. The van der Waals surface area contributed by atoms with Gasteiger partial charge >= 0.3 is 0 Å². The van der Waals surface area contributed by atoms with E-state index in [4.69, 9.17) is 19.4 Å². The molecule has 3 heterocycles. The lowest BCUT2D eigenvalue weighted by Crippen LogP contribution is -2.48. The van der Waals surface area contributed by atoms with E-state index in [9.17, 15) is 13.5 Å². The minimum atomic E-state index is -3.19. The second-order valence-corrected chi connectivity index (χ2v) is 10.2. The largest absolute Gasteiger partial charge is 0.508 e. The molecule has 0 aliphatic carbocycles. The molecule has 2 saturated heterocycles. The second-order valence-electron chi connectivity index (χ2n) is 8.17. The number of phenolic OH excluding ortho intramolecular Hbond substituents is 1. The molecule has 0 amide bonds. The molecule has 10 nitrogen and oxygen atoms in total. The van der Waals surface area contributed by atoms with Crippen LogP contribution in [0.4, 0.5) is 5.82 Å².